The first-order chi connectivity index (χ1) is 15.4. The molecule has 0 atom stereocenters. The van der Waals surface area contributed by atoms with Crippen LogP contribution < -0.4 is 0 Å². The summed E-state index contributed by atoms with van der Waals surface area (Å²) in [6.45, 7) is 14.0. The average molecular weight is 445 g/mol. The van der Waals surface area contributed by atoms with Gasteiger partial charge in [-0.05, 0) is 66.3 Å². The van der Waals surface area contributed by atoms with Gasteiger partial charge in [-0.25, -0.2) is 4.39 Å². The summed E-state index contributed by atoms with van der Waals surface area (Å²) in [6.07, 6.45) is 2.67. The van der Waals surface area contributed by atoms with E-state index in [1.54, 1.807) is 30.3 Å². The molecule has 0 aliphatic rings. The van der Waals surface area contributed by atoms with E-state index in [0.29, 0.717) is 23.5 Å². The van der Waals surface area contributed by atoms with E-state index in [0.717, 1.165) is 18.9 Å². The summed E-state index contributed by atoms with van der Waals surface area (Å²) in [4.78, 5) is 0. The van der Waals surface area contributed by atoms with Crippen molar-refractivity contribution < 1.29 is 19.7 Å². The highest BCUT2D eigenvalue weighted by Crippen LogP contribution is 2.15. The molecule has 0 unspecified atom stereocenters. The van der Waals surface area contributed by atoms with Crippen LogP contribution in [0.4, 0.5) is 4.39 Å². The van der Waals surface area contributed by atoms with Gasteiger partial charge in [0.1, 0.15) is 23.1 Å². The van der Waals surface area contributed by atoms with Gasteiger partial charge in [-0.1, -0.05) is 78.8 Å². The van der Waals surface area contributed by atoms with Gasteiger partial charge in [0, 0.05) is 6.07 Å². The van der Waals surface area contributed by atoms with Crippen LogP contribution in [0.15, 0.2) is 66.7 Å². The van der Waals surface area contributed by atoms with Gasteiger partial charge >= 0.3 is 0 Å². The van der Waals surface area contributed by atoms with Crippen molar-refractivity contribution in [3.63, 3.8) is 0 Å². The average Bonchev–Trinajstić information content (AvgIpc) is 2.83. The van der Waals surface area contributed by atoms with Crippen LogP contribution in [0.1, 0.15) is 65.2 Å². The molecule has 3 aromatic carbocycles. The lowest BCUT2D eigenvalue weighted by Gasteiger charge is -1.97. The molecular weight excluding hydrogens is 403 g/mol. The van der Waals surface area contributed by atoms with Gasteiger partial charge in [-0.2, -0.15) is 0 Å². The molecule has 178 valence electrons. The molecule has 0 aliphatic heterocycles. The lowest BCUT2D eigenvalue weighted by molar-refractivity contribution is 0.468. The molecule has 32 heavy (non-hydrogen) atoms. The molecule has 0 aliphatic carbocycles. The van der Waals surface area contributed by atoms with Crippen molar-refractivity contribution in [1.82, 2.24) is 0 Å². The Morgan fingerprint density at radius 1 is 0.562 bits per heavy atom. The molecule has 3 aromatic rings. The molecule has 0 spiro atoms. The van der Waals surface area contributed by atoms with E-state index in [-0.39, 0.29) is 11.6 Å². The zero-order chi connectivity index (χ0) is 24.9. The molecule has 0 radical (unpaired) electrons. The predicted octanol–water partition coefficient (Wildman–Crippen LogP) is 8.06. The van der Waals surface area contributed by atoms with Crippen LogP contribution in [0.3, 0.4) is 0 Å². The number of phenolic OH excluding ortho intramolecular Hbond substituents is 3. The largest absolute Gasteiger partial charge is 0.508 e. The van der Waals surface area contributed by atoms with E-state index in [4.69, 9.17) is 15.3 Å². The number of hydrogen-bond acceptors (Lipinski definition) is 3. The van der Waals surface area contributed by atoms with Gasteiger partial charge < -0.3 is 15.3 Å². The maximum Gasteiger partial charge on any atom is 0.130 e. The van der Waals surface area contributed by atoms with Crippen LogP contribution in [0.2, 0.25) is 0 Å². The molecule has 0 fully saturated rings. The normalized spacial score (nSPS) is 8.75. The molecule has 3 N–H and O–H groups in total. The van der Waals surface area contributed by atoms with Crippen molar-refractivity contribution in [3.8, 4) is 17.2 Å². The first kappa shape index (κ1) is 31.2. The Morgan fingerprint density at radius 3 is 1.47 bits per heavy atom. The monoisotopic (exact) mass is 444 g/mol. The SMILES string of the molecule is CC.CC.CCc1ccc(O)cc1.CCc1ccc(O)cc1F.CCc1cccc(O)c1. The maximum atomic E-state index is 12.7. The fourth-order valence-electron chi connectivity index (χ4n) is 2.33. The molecule has 0 heterocycles. The summed E-state index contributed by atoms with van der Waals surface area (Å²) in [7, 11) is 0. The lowest BCUT2D eigenvalue weighted by atomic mass is 10.1. The van der Waals surface area contributed by atoms with Crippen molar-refractivity contribution in [2.45, 2.75) is 67.7 Å². The van der Waals surface area contributed by atoms with Gasteiger partial charge in [-0.15, -0.1) is 0 Å². The molecule has 0 bridgehead atoms. The van der Waals surface area contributed by atoms with E-state index < -0.39 is 0 Å². The summed E-state index contributed by atoms with van der Waals surface area (Å²) in [5.41, 5.74) is 3.07. The number of phenols is 3. The van der Waals surface area contributed by atoms with Crippen molar-refractivity contribution in [3.05, 3.63) is 89.2 Å². The third-order valence-corrected chi connectivity index (χ3v) is 4.08. The Hall–Kier alpha value is -3.01. The Kier molecular flexibility index (Phi) is 19.4. The molecule has 0 saturated heterocycles. The van der Waals surface area contributed by atoms with Crippen LogP contribution in [-0.2, 0) is 19.3 Å². The van der Waals surface area contributed by atoms with Crippen LogP contribution in [0, 0.1) is 5.82 Å². The Morgan fingerprint density at radius 2 is 1.06 bits per heavy atom. The van der Waals surface area contributed by atoms with Crippen LogP contribution in [-0.4, -0.2) is 15.3 Å². The van der Waals surface area contributed by atoms with Crippen molar-refractivity contribution in [2.75, 3.05) is 0 Å². The fraction of sp³-hybridized carbons (Fsp3) is 0.357. The molecule has 4 heteroatoms. The van der Waals surface area contributed by atoms with Crippen molar-refractivity contribution in [1.29, 1.82) is 0 Å². The minimum atomic E-state index is -0.331. The molecule has 0 amide bonds. The highest BCUT2D eigenvalue weighted by molar-refractivity contribution is 5.28. The molecular formula is C28H41FO3. The molecule has 0 aromatic heterocycles. The van der Waals surface area contributed by atoms with Crippen LogP contribution in [0.25, 0.3) is 0 Å². The minimum absolute atomic E-state index is 0.0188. The molecule has 3 rings (SSSR count). The van der Waals surface area contributed by atoms with E-state index in [9.17, 15) is 4.39 Å². The fourth-order valence-corrected chi connectivity index (χ4v) is 2.33. The first-order valence-electron chi connectivity index (χ1n) is 11.4. The highest BCUT2D eigenvalue weighted by Gasteiger charge is 1.98. The number of benzene rings is 3. The van der Waals surface area contributed by atoms with Gasteiger partial charge in [-0.3, -0.25) is 0 Å². The van der Waals surface area contributed by atoms with Crippen molar-refractivity contribution in [2.24, 2.45) is 0 Å². The second-order valence-electron chi connectivity index (χ2n) is 6.17. The van der Waals surface area contributed by atoms with Gasteiger partial charge in [0.05, 0.1) is 0 Å². The van der Waals surface area contributed by atoms with Gasteiger partial charge in [0.25, 0.3) is 0 Å². The number of aryl methyl sites for hydroxylation is 3. The lowest BCUT2D eigenvalue weighted by Crippen LogP contribution is -1.85. The zero-order valence-electron chi connectivity index (χ0n) is 20.7. The number of hydrogen-bond donors (Lipinski definition) is 3. The Labute approximate surface area is 194 Å². The first-order valence-corrected chi connectivity index (χ1v) is 11.4. The topological polar surface area (TPSA) is 60.7 Å². The third kappa shape index (κ3) is 14.1. The zero-order valence-corrected chi connectivity index (χ0v) is 20.7. The molecule has 0 saturated carbocycles. The standard InChI is InChI=1S/C8H9FO.2C8H10O.2C2H6/c1-2-6-3-4-7(10)5-8(6)9;1-2-7-3-5-8(9)6-4-7;1-2-7-4-3-5-8(9)6-7;2*1-2/h3-5,10H,2H2,1H3;2*3-6,9H,2H2,1H3;2*1-2H3. The summed E-state index contributed by atoms with van der Waals surface area (Å²) in [5, 5.41) is 26.6. The predicted molar refractivity (Wildman–Crippen MR) is 135 cm³/mol. The van der Waals surface area contributed by atoms with Gasteiger partial charge in [0.15, 0.2) is 0 Å². The van der Waals surface area contributed by atoms with Crippen LogP contribution in [0.5, 0.6) is 17.2 Å². The quantitative estimate of drug-likeness (QED) is 0.383. The number of halogens is 1. The molecule has 3 nitrogen and oxygen atoms in total. The smallest absolute Gasteiger partial charge is 0.130 e. The second-order valence-corrected chi connectivity index (χ2v) is 6.17. The van der Waals surface area contributed by atoms with E-state index >= 15 is 0 Å². The second kappa shape index (κ2) is 19.9. The Balaban J connectivity index is 0. The van der Waals surface area contributed by atoms with Crippen molar-refractivity contribution >= 4 is 0 Å². The minimum Gasteiger partial charge on any atom is -0.508 e. The van der Waals surface area contributed by atoms with E-state index in [2.05, 4.69) is 13.8 Å². The number of aromatic hydroxyl groups is 3. The number of rotatable bonds is 3. The summed E-state index contributed by atoms with van der Waals surface area (Å²) >= 11 is 0. The Bertz CT molecular complexity index is 830. The van der Waals surface area contributed by atoms with Gasteiger partial charge in [0.2, 0.25) is 0 Å². The summed E-state index contributed by atoms with van der Waals surface area (Å²) < 4.78 is 12.7. The van der Waals surface area contributed by atoms with E-state index in [1.807, 2.05) is 58.9 Å². The summed E-state index contributed by atoms with van der Waals surface area (Å²) in [5.74, 6) is 0.346. The van der Waals surface area contributed by atoms with Crippen LogP contribution >= 0.6 is 0 Å². The van der Waals surface area contributed by atoms with E-state index in [1.165, 1.54) is 17.2 Å². The maximum absolute atomic E-state index is 12.7. The summed E-state index contributed by atoms with van der Waals surface area (Å²) in [6, 6.07) is 18.8. The highest BCUT2D eigenvalue weighted by atomic mass is 19.1. The third-order valence-electron chi connectivity index (χ3n) is 4.08.